The van der Waals surface area contributed by atoms with Crippen LogP contribution in [0, 0.1) is 0 Å². The van der Waals surface area contributed by atoms with E-state index in [9.17, 15) is 4.79 Å². The number of hydrogen-bond donors (Lipinski definition) is 2. The molecule has 1 amide bonds. The van der Waals surface area contributed by atoms with Crippen LogP contribution >= 0.6 is 0 Å². The highest BCUT2D eigenvalue weighted by Gasteiger charge is 2.19. The van der Waals surface area contributed by atoms with E-state index in [2.05, 4.69) is 11.1 Å². The predicted octanol–water partition coefficient (Wildman–Crippen LogP) is -1.88. The average molecular weight is 101 g/mol. The van der Waals surface area contributed by atoms with Crippen LogP contribution in [0.2, 0.25) is 0 Å². The van der Waals surface area contributed by atoms with Crippen LogP contribution in [0.15, 0.2) is 0 Å². The molecule has 1 rings (SSSR count). The maximum absolute atomic E-state index is 10.3. The van der Waals surface area contributed by atoms with Gasteiger partial charge >= 0.3 is 0 Å². The highest BCUT2D eigenvalue weighted by molar-refractivity contribution is 5.78. The minimum atomic E-state index is 0.139. The molecule has 1 fully saturated rings. The molecule has 4 N–H and O–H groups in total. The van der Waals surface area contributed by atoms with Gasteiger partial charge in [0.15, 0.2) is 0 Å². The van der Waals surface area contributed by atoms with E-state index in [0.717, 1.165) is 6.54 Å². The highest BCUT2D eigenvalue weighted by atomic mass is 16.1. The second-order valence-electron chi connectivity index (χ2n) is 1.87. The summed E-state index contributed by atoms with van der Waals surface area (Å²) in [5.41, 5.74) is 3.70. The largest absolute Gasteiger partial charge is 0.353 e. The molecule has 0 saturated carbocycles. The molecule has 0 aromatic carbocycles. The van der Waals surface area contributed by atoms with Crippen LogP contribution in [0.3, 0.4) is 0 Å². The van der Waals surface area contributed by atoms with Crippen molar-refractivity contribution in [3.05, 3.63) is 0 Å². The first-order valence-corrected chi connectivity index (χ1v) is 2.39. The summed E-state index contributed by atoms with van der Waals surface area (Å²) in [6.45, 7) is 0.763. The lowest BCUT2D eigenvalue weighted by Gasteiger charge is -1.86. The van der Waals surface area contributed by atoms with Gasteiger partial charge in [0.2, 0.25) is 5.91 Å². The lowest BCUT2D eigenvalue weighted by Crippen LogP contribution is -2.61. The van der Waals surface area contributed by atoms with Crippen LogP contribution in [0.5, 0.6) is 0 Å². The second kappa shape index (κ2) is 1.50. The first-order chi connectivity index (χ1) is 3.29. The SMILES string of the molecule is [NH3+]C1CNC(=O)C1. The lowest BCUT2D eigenvalue weighted by atomic mass is 10.3. The predicted molar refractivity (Wildman–Crippen MR) is 24.3 cm³/mol. The Labute approximate surface area is 41.9 Å². The van der Waals surface area contributed by atoms with Gasteiger partial charge in [-0.3, -0.25) is 4.79 Å². The van der Waals surface area contributed by atoms with Crippen LogP contribution in [-0.4, -0.2) is 18.5 Å². The molecule has 0 bridgehead atoms. The summed E-state index contributed by atoms with van der Waals surface area (Å²) in [6, 6.07) is 0.312. The van der Waals surface area contributed by atoms with Crippen LogP contribution in [-0.2, 0) is 4.79 Å². The Morgan fingerprint density at radius 1 is 1.86 bits per heavy atom. The van der Waals surface area contributed by atoms with Crippen LogP contribution in [0.4, 0.5) is 0 Å². The summed E-state index contributed by atoms with van der Waals surface area (Å²) in [7, 11) is 0. The molecule has 1 atom stereocenters. The van der Waals surface area contributed by atoms with Gasteiger partial charge in [0, 0.05) is 0 Å². The van der Waals surface area contributed by atoms with E-state index >= 15 is 0 Å². The molecule has 0 spiro atoms. The third-order valence-electron chi connectivity index (χ3n) is 1.06. The van der Waals surface area contributed by atoms with Crippen molar-refractivity contribution in [1.29, 1.82) is 0 Å². The maximum atomic E-state index is 10.3. The van der Waals surface area contributed by atoms with Crippen molar-refractivity contribution in [3.8, 4) is 0 Å². The molecule has 0 aromatic rings. The smallest absolute Gasteiger partial charge is 0.226 e. The fourth-order valence-corrected chi connectivity index (χ4v) is 0.665. The van der Waals surface area contributed by atoms with Gasteiger partial charge in [-0.25, -0.2) is 0 Å². The molecule has 3 nitrogen and oxygen atoms in total. The van der Waals surface area contributed by atoms with Crippen molar-refractivity contribution in [1.82, 2.24) is 5.32 Å². The Bertz CT molecular complexity index is 91.7. The van der Waals surface area contributed by atoms with Gasteiger partial charge in [0.1, 0.15) is 6.04 Å². The summed E-state index contributed by atoms with van der Waals surface area (Å²) >= 11 is 0. The first kappa shape index (κ1) is 4.59. The van der Waals surface area contributed by atoms with Gasteiger partial charge in [0.05, 0.1) is 13.0 Å². The van der Waals surface area contributed by atoms with Gasteiger partial charge in [0.25, 0.3) is 0 Å². The Hall–Kier alpha value is -0.570. The molecule has 1 unspecified atom stereocenters. The molecule has 0 aliphatic carbocycles. The van der Waals surface area contributed by atoms with Crippen molar-refractivity contribution in [2.45, 2.75) is 12.5 Å². The molecule has 1 heterocycles. The number of rotatable bonds is 0. The maximum Gasteiger partial charge on any atom is 0.226 e. The van der Waals surface area contributed by atoms with Crippen LogP contribution in [0.1, 0.15) is 6.42 Å². The molecular weight excluding hydrogens is 92.1 g/mol. The molecule has 1 aliphatic heterocycles. The number of quaternary nitrogens is 1. The van der Waals surface area contributed by atoms with Crippen LogP contribution in [0.25, 0.3) is 0 Å². The zero-order chi connectivity index (χ0) is 5.28. The third-order valence-corrected chi connectivity index (χ3v) is 1.06. The van der Waals surface area contributed by atoms with E-state index in [0.29, 0.717) is 12.5 Å². The van der Waals surface area contributed by atoms with E-state index in [1.165, 1.54) is 0 Å². The third kappa shape index (κ3) is 0.899. The fraction of sp³-hybridized carbons (Fsp3) is 0.750. The van der Waals surface area contributed by atoms with E-state index < -0.39 is 0 Å². The normalized spacial score (nSPS) is 30.4. The summed E-state index contributed by atoms with van der Waals surface area (Å²) in [5, 5.41) is 2.67. The number of carbonyl (C=O) groups excluding carboxylic acids is 1. The summed E-state index contributed by atoms with van der Waals surface area (Å²) in [6.07, 6.45) is 0.611. The van der Waals surface area contributed by atoms with Gasteiger partial charge < -0.3 is 11.1 Å². The van der Waals surface area contributed by atoms with Gasteiger partial charge in [-0.2, -0.15) is 0 Å². The molecule has 40 valence electrons. The van der Waals surface area contributed by atoms with E-state index in [4.69, 9.17) is 0 Å². The summed E-state index contributed by atoms with van der Waals surface area (Å²) < 4.78 is 0. The summed E-state index contributed by atoms with van der Waals surface area (Å²) in [5.74, 6) is 0.139. The van der Waals surface area contributed by atoms with Crippen molar-refractivity contribution >= 4 is 5.91 Å². The number of hydrogen-bond acceptors (Lipinski definition) is 1. The first-order valence-electron chi connectivity index (χ1n) is 2.39. The van der Waals surface area contributed by atoms with Crippen molar-refractivity contribution < 1.29 is 10.5 Å². The zero-order valence-corrected chi connectivity index (χ0v) is 4.11. The Morgan fingerprint density at radius 2 is 2.57 bits per heavy atom. The minimum absolute atomic E-state index is 0.139. The minimum Gasteiger partial charge on any atom is -0.353 e. The van der Waals surface area contributed by atoms with E-state index in [1.54, 1.807) is 0 Å². The Balaban J connectivity index is 2.40. The molecule has 1 aliphatic rings. The van der Waals surface area contributed by atoms with Crippen molar-refractivity contribution in [2.24, 2.45) is 0 Å². The van der Waals surface area contributed by atoms with Crippen molar-refractivity contribution in [3.63, 3.8) is 0 Å². The van der Waals surface area contributed by atoms with Gasteiger partial charge in [-0.05, 0) is 0 Å². The molecule has 0 aromatic heterocycles. The number of carbonyl (C=O) groups is 1. The Kier molecular flexibility index (Phi) is 0.982. The van der Waals surface area contributed by atoms with Gasteiger partial charge in [-0.1, -0.05) is 0 Å². The summed E-state index contributed by atoms with van der Waals surface area (Å²) in [4.78, 5) is 10.3. The average Bonchev–Trinajstić information content (AvgIpc) is 1.87. The standard InChI is InChI=1S/C4H8N2O/c5-3-1-4(7)6-2-3/h3H,1-2,5H2,(H,6,7)/p+1. The molecule has 3 heteroatoms. The molecule has 7 heavy (non-hydrogen) atoms. The Morgan fingerprint density at radius 3 is 2.71 bits per heavy atom. The molecular formula is C4H9N2O+. The number of amides is 1. The quantitative estimate of drug-likeness (QED) is 0.368. The van der Waals surface area contributed by atoms with Crippen molar-refractivity contribution in [2.75, 3.05) is 6.54 Å². The van der Waals surface area contributed by atoms with E-state index in [1.807, 2.05) is 0 Å². The fourth-order valence-electron chi connectivity index (χ4n) is 0.665. The van der Waals surface area contributed by atoms with Gasteiger partial charge in [-0.15, -0.1) is 0 Å². The molecule has 0 radical (unpaired) electrons. The lowest BCUT2D eigenvalue weighted by molar-refractivity contribution is -0.411. The molecule has 1 saturated heterocycles. The van der Waals surface area contributed by atoms with E-state index in [-0.39, 0.29) is 5.91 Å². The topological polar surface area (TPSA) is 56.7 Å². The monoisotopic (exact) mass is 101 g/mol. The van der Waals surface area contributed by atoms with Crippen LogP contribution < -0.4 is 11.1 Å². The second-order valence-corrected chi connectivity index (χ2v) is 1.87. The number of nitrogens with one attached hydrogen (secondary N) is 1. The highest BCUT2D eigenvalue weighted by Crippen LogP contribution is 1.90. The zero-order valence-electron chi connectivity index (χ0n) is 4.11.